The molecule has 1 fully saturated rings. The number of hydrogen-bond donors (Lipinski definition) is 2. The fraction of sp³-hybridized carbons (Fsp3) is 0.500. The molecule has 2 rings (SSSR count). The molecule has 1 saturated carbocycles. The van der Waals surface area contributed by atoms with Gasteiger partial charge in [-0.05, 0) is 37.1 Å². The minimum absolute atomic E-state index is 0.258. The first-order valence-corrected chi connectivity index (χ1v) is 6.21. The van der Waals surface area contributed by atoms with Crippen LogP contribution in [0.15, 0.2) is 24.3 Å². The maximum absolute atomic E-state index is 9.34. The molecule has 0 saturated heterocycles. The highest BCUT2D eigenvalue weighted by molar-refractivity contribution is 5.48. The van der Waals surface area contributed by atoms with Crippen molar-refractivity contribution < 1.29 is 5.11 Å². The molecule has 0 radical (unpaired) electrons. The first-order chi connectivity index (χ1) is 8.33. The van der Waals surface area contributed by atoms with E-state index in [0.29, 0.717) is 17.5 Å². The number of hydrogen-bond acceptors (Lipinski definition) is 3. The Hall–Kier alpha value is -1.53. The van der Waals surface area contributed by atoms with Gasteiger partial charge in [0.05, 0.1) is 11.6 Å². The van der Waals surface area contributed by atoms with E-state index in [2.05, 4.69) is 11.4 Å². The summed E-state index contributed by atoms with van der Waals surface area (Å²) < 4.78 is 0. The Morgan fingerprint density at radius 1 is 1.24 bits per heavy atom. The van der Waals surface area contributed by atoms with Crippen molar-refractivity contribution in [2.45, 2.75) is 31.7 Å². The summed E-state index contributed by atoms with van der Waals surface area (Å²) in [4.78, 5) is 0. The molecule has 1 aromatic rings. The molecule has 90 valence electrons. The lowest BCUT2D eigenvalue weighted by Gasteiger charge is -2.31. The Morgan fingerprint density at radius 2 is 1.94 bits per heavy atom. The summed E-state index contributed by atoms with van der Waals surface area (Å²) in [5.41, 5.74) is 1.72. The van der Waals surface area contributed by atoms with Crippen LogP contribution in [0.5, 0.6) is 0 Å². The summed E-state index contributed by atoms with van der Waals surface area (Å²) in [6, 6.07) is 9.97. The van der Waals surface area contributed by atoms with E-state index in [9.17, 15) is 5.11 Å². The number of aliphatic hydroxyl groups excluding tert-OH is 1. The van der Waals surface area contributed by atoms with Crippen molar-refractivity contribution in [2.24, 2.45) is 5.92 Å². The maximum atomic E-state index is 9.34. The third-order valence-electron chi connectivity index (χ3n) is 3.51. The maximum Gasteiger partial charge on any atom is 0.0991 e. The molecule has 1 aliphatic rings. The number of nitriles is 1. The van der Waals surface area contributed by atoms with Crippen LogP contribution in [0.2, 0.25) is 0 Å². The largest absolute Gasteiger partial charge is 0.396 e. The number of nitrogens with zero attached hydrogens (tertiary/aromatic N) is 1. The monoisotopic (exact) mass is 230 g/mol. The summed E-state index contributed by atoms with van der Waals surface area (Å²) in [5.74, 6) is 0.361. The van der Waals surface area contributed by atoms with Gasteiger partial charge in [0.15, 0.2) is 0 Å². The van der Waals surface area contributed by atoms with Gasteiger partial charge in [0, 0.05) is 24.3 Å². The quantitative estimate of drug-likeness (QED) is 0.839. The van der Waals surface area contributed by atoms with Crippen molar-refractivity contribution in [3.05, 3.63) is 29.8 Å². The summed E-state index contributed by atoms with van der Waals surface area (Å²) in [5, 5.41) is 21.5. The molecular weight excluding hydrogens is 212 g/mol. The zero-order valence-corrected chi connectivity index (χ0v) is 9.89. The Kier molecular flexibility index (Phi) is 4.00. The molecule has 2 atom stereocenters. The number of rotatable bonds is 3. The predicted molar refractivity (Wildman–Crippen MR) is 67.6 cm³/mol. The van der Waals surface area contributed by atoms with Crippen molar-refractivity contribution in [3.8, 4) is 6.07 Å². The first kappa shape index (κ1) is 11.9. The van der Waals surface area contributed by atoms with Gasteiger partial charge in [0.1, 0.15) is 0 Å². The molecule has 2 N–H and O–H groups in total. The van der Waals surface area contributed by atoms with Gasteiger partial charge >= 0.3 is 0 Å². The second-order valence-electron chi connectivity index (χ2n) is 4.67. The van der Waals surface area contributed by atoms with Gasteiger partial charge in [-0.15, -0.1) is 0 Å². The van der Waals surface area contributed by atoms with Crippen LogP contribution >= 0.6 is 0 Å². The lowest BCUT2D eigenvalue weighted by atomic mass is 9.85. The van der Waals surface area contributed by atoms with Crippen molar-refractivity contribution in [2.75, 3.05) is 11.9 Å². The van der Waals surface area contributed by atoms with Crippen LogP contribution in [-0.2, 0) is 0 Å². The van der Waals surface area contributed by atoms with Gasteiger partial charge in [-0.1, -0.05) is 12.8 Å². The van der Waals surface area contributed by atoms with Gasteiger partial charge < -0.3 is 10.4 Å². The van der Waals surface area contributed by atoms with Crippen LogP contribution in [0.1, 0.15) is 31.2 Å². The SMILES string of the molecule is N#Cc1ccc(NC2CCCCC2CO)cc1. The van der Waals surface area contributed by atoms with Gasteiger partial charge in [-0.25, -0.2) is 0 Å². The molecular formula is C14H18N2O. The Morgan fingerprint density at radius 3 is 2.59 bits per heavy atom. The zero-order chi connectivity index (χ0) is 12.1. The third kappa shape index (κ3) is 2.98. The van der Waals surface area contributed by atoms with Crippen molar-refractivity contribution >= 4 is 5.69 Å². The number of nitrogens with one attached hydrogen (secondary N) is 1. The van der Waals surface area contributed by atoms with Gasteiger partial charge in [-0.3, -0.25) is 0 Å². The molecule has 0 heterocycles. The molecule has 0 spiro atoms. The molecule has 2 unspecified atom stereocenters. The normalized spacial score (nSPS) is 24.0. The molecule has 0 aliphatic heterocycles. The zero-order valence-electron chi connectivity index (χ0n) is 9.89. The second kappa shape index (κ2) is 5.70. The van der Waals surface area contributed by atoms with E-state index in [-0.39, 0.29) is 6.61 Å². The highest BCUT2D eigenvalue weighted by Gasteiger charge is 2.23. The Bertz CT molecular complexity index is 394. The summed E-state index contributed by atoms with van der Waals surface area (Å²) in [7, 11) is 0. The van der Waals surface area contributed by atoms with E-state index in [1.807, 2.05) is 24.3 Å². The standard InChI is InChI=1S/C14H18N2O/c15-9-11-5-7-13(8-6-11)16-14-4-2-1-3-12(14)10-17/h5-8,12,14,16-17H,1-4,10H2. The lowest BCUT2D eigenvalue weighted by Crippen LogP contribution is -2.34. The third-order valence-corrected chi connectivity index (χ3v) is 3.51. The second-order valence-corrected chi connectivity index (χ2v) is 4.67. The molecule has 0 aromatic heterocycles. The smallest absolute Gasteiger partial charge is 0.0991 e. The summed E-state index contributed by atoms with van der Waals surface area (Å²) in [6.45, 7) is 0.258. The summed E-state index contributed by atoms with van der Waals surface area (Å²) >= 11 is 0. The average molecular weight is 230 g/mol. The van der Waals surface area contributed by atoms with Crippen LogP contribution in [-0.4, -0.2) is 17.8 Å². The molecule has 1 aromatic carbocycles. The van der Waals surface area contributed by atoms with E-state index in [1.54, 1.807) is 0 Å². The number of anilines is 1. The van der Waals surface area contributed by atoms with E-state index >= 15 is 0 Å². The van der Waals surface area contributed by atoms with Crippen LogP contribution in [0, 0.1) is 17.2 Å². The molecule has 0 bridgehead atoms. The molecule has 17 heavy (non-hydrogen) atoms. The van der Waals surface area contributed by atoms with Crippen molar-refractivity contribution in [1.82, 2.24) is 0 Å². The first-order valence-electron chi connectivity index (χ1n) is 6.21. The molecule has 1 aliphatic carbocycles. The van der Waals surface area contributed by atoms with Crippen molar-refractivity contribution in [3.63, 3.8) is 0 Å². The summed E-state index contributed by atoms with van der Waals surface area (Å²) in [6.07, 6.45) is 4.66. The van der Waals surface area contributed by atoms with Gasteiger partial charge in [0.2, 0.25) is 0 Å². The number of aliphatic hydroxyl groups is 1. The molecule has 3 nitrogen and oxygen atoms in total. The molecule has 0 amide bonds. The van der Waals surface area contributed by atoms with Crippen LogP contribution < -0.4 is 5.32 Å². The van der Waals surface area contributed by atoms with Crippen LogP contribution in [0.4, 0.5) is 5.69 Å². The van der Waals surface area contributed by atoms with E-state index in [0.717, 1.165) is 18.5 Å². The van der Waals surface area contributed by atoms with Gasteiger partial charge in [-0.2, -0.15) is 5.26 Å². The van der Waals surface area contributed by atoms with E-state index in [1.165, 1.54) is 12.8 Å². The van der Waals surface area contributed by atoms with Gasteiger partial charge in [0.25, 0.3) is 0 Å². The van der Waals surface area contributed by atoms with Crippen LogP contribution in [0.25, 0.3) is 0 Å². The number of benzene rings is 1. The predicted octanol–water partition coefficient (Wildman–Crippen LogP) is 2.52. The minimum Gasteiger partial charge on any atom is -0.396 e. The Labute approximate surface area is 102 Å². The van der Waals surface area contributed by atoms with E-state index in [4.69, 9.17) is 5.26 Å². The fourth-order valence-electron chi connectivity index (χ4n) is 2.47. The molecule has 3 heteroatoms. The average Bonchev–Trinajstić information content (AvgIpc) is 2.40. The topological polar surface area (TPSA) is 56.0 Å². The lowest BCUT2D eigenvalue weighted by molar-refractivity contribution is 0.178. The highest BCUT2D eigenvalue weighted by Crippen LogP contribution is 2.26. The minimum atomic E-state index is 0.258. The fourth-order valence-corrected chi connectivity index (χ4v) is 2.47. The van der Waals surface area contributed by atoms with Crippen molar-refractivity contribution in [1.29, 1.82) is 5.26 Å². The van der Waals surface area contributed by atoms with Crippen LogP contribution in [0.3, 0.4) is 0 Å². The Balaban J connectivity index is 2.01. The van der Waals surface area contributed by atoms with E-state index < -0.39 is 0 Å². The highest BCUT2D eigenvalue weighted by atomic mass is 16.3.